The third kappa shape index (κ3) is 1.57. The molecule has 1 aliphatic rings. The Balaban J connectivity index is 2.25. The fourth-order valence-electron chi connectivity index (χ4n) is 2.11. The van der Waals surface area contributed by atoms with Gasteiger partial charge in [0.2, 0.25) is 0 Å². The van der Waals surface area contributed by atoms with Crippen LogP contribution in [-0.4, -0.2) is 12.1 Å². The van der Waals surface area contributed by atoms with Crippen LogP contribution in [0, 0.1) is 0 Å². The van der Waals surface area contributed by atoms with Gasteiger partial charge in [0.25, 0.3) is 0 Å². The number of nitrogens with one attached hydrogen (secondary N) is 2. The summed E-state index contributed by atoms with van der Waals surface area (Å²) in [5.74, 6) is 0. The minimum absolute atomic E-state index is 0.565. The highest BCUT2D eigenvalue weighted by Gasteiger charge is 2.23. The third-order valence-corrected chi connectivity index (χ3v) is 2.97. The summed E-state index contributed by atoms with van der Waals surface area (Å²) in [5.41, 5.74) is 2.48. The van der Waals surface area contributed by atoms with Gasteiger partial charge < -0.3 is 10.6 Å². The van der Waals surface area contributed by atoms with E-state index in [4.69, 9.17) is 0 Å². The standard InChI is InChI=1S/C12H18N2/c1-3-9-10(4-2)14-12-8-6-5-7-11(12)13-9/h5-10,13-14H,3-4H2,1-2H3. The zero-order valence-corrected chi connectivity index (χ0v) is 8.88. The van der Waals surface area contributed by atoms with Crippen molar-refractivity contribution in [3.63, 3.8) is 0 Å². The molecule has 1 aromatic carbocycles. The summed E-state index contributed by atoms with van der Waals surface area (Å²) in [6, 6.07) is 9.55. The van der Waals surface area contributed by atoms with E-state index in [2.05, 4.69) is 48.7 Å². The van der Waals surface area contributed by atoms with Gasteiger partial charge in [-0.15, -0.1) is 0 Å². The molecule has 0 aliphatic carbocycles. The topological polar surface area (TPSA) is 24.1 Å². The van der Waals surface area contributed by atoms with Crippen LogP contribution in [0.1, 0.15) is 26.7 Å². The van der Waals surface area contributed by atoms with E-state index in [1.807, 2.05) is 0 Å². The van der Waals surface area contributed by atoms with Crippen molar-refractivity contribution >= 4 is 11.4 Å². The predicted octanol–water partition coefficient (Wildman–Crippen LogP) is 3.08. The summed E-state index contributed by atoms with van der Waals surface area (Å²) in [6.07, 6.45) is 2.33. The summed E-state index contributed by atoms with van der Waals surface area (Å²) < 4.78 is 0. The number of para-hydroxylation sites is 2. The molecule has 0 saturated heterocycles. The van der Waals surface area contributed by atoms with Crippen LogP contribution in [0.2, 0.25) is 0 Å². The average molecular weight is 190 g/mol. The average Bonchev–Trinajstić information content (AvgIpc) is 2.27. The Morgan fingerprint density at radius 1 is 0.929 bits per heavy atom. The number of fused-ring (bicyclic) bond motifs is 1. The van der Waals surface area contributed by atoms with Crippen LogP contribution in [-0.2, 0) is 0 Å². The van der Waals surface area contributed by atoms with E-state index in [0.717, 1.165) is 0 Å². The van der Waals surface area contributed by atoms with Gasteiger partial charge in [-0.05, 0) is 25.0 Å². The number of anilines is 2. The third-order valence-electron chi connectivity index (χ3n) is 2.97. The normalized spacial score (nSPS) is 24.7. The molecule has 2 unspecified atom stereocenters. The fraction of sp³-hybridized carbons (Fsp3) is 0.500. The Hall–Kier alpha value is -1.18. The SMILES string of the molecule is CCC1Nc2ccccc2NC1CC. The van der Waals surface area contributed by atoms with Crippen LogP contribution < -0.4 is 10.6 Å². The van der Waals surface area contributed by atoms with Crippen LogP contribution in [0.3, 0.4) is 0 Å². The van der Waals surface area contributed by atoms with Gasteiger partial charge >= 0.3 is 0 Å². The lowest BCUT2D eigenvalue weighted by molar-refractivity contribution is 0.549. The van der Waals surface area contributed by atoms with Gasteiger partial charge in [-0.1, -0.05) is 26.0 Å². The second-order valence-electron chi connectivity index (χ2n) is 3.86. The number of hydrogen-bond acceptors (Lipinski definition) is 2. The van der Waals surface area contributed by atoms with Crippen LogP contribution >= 0.6 is 0 Å². The lowest BCUT2D eigenvalue weighted by atomic mass is 9.99. The molecule has 0 aromatic heterocycles. The molecule has 0 fully saturated rings. The van der Waals surface area contributed by atoms with Crippen molar-refractivity contribution in [3.8, 4) is 0 Å². The molecule has 0 bridgehead atoms. The first kappa shape index (κ1) is 9.38. The van der Waals surface area contributed by atoms with Gasteiger partial charge in [0.05, 0.1) is 11.4 Å². The first-order valence-corrected chi connectivity index (χ1v) is 5.47. The number of benzene rings is 1. The Kier molecular flexibility index (Phi) is 2.62. The highest BCUT2D eigenvalue weighted by Crippen LogP contribution is 2.29. The first-order chi connectivity index (χ1) is 6.85. The molecular formula is C12H18N2. The molecule has 0 saturated carbocycles. The molecule has 0 amide bonds. The van der Waals surface area contributed by atoms with Crippen molar-refractivity contribution in [1.82, 2.24) is 0 Å². The Bertz CT molecular complexity index is 278. The smallest absolute Gasteiger partial charge is 0.0578 e. The van der Waals surface area contributed by atoms with Crippen molar-refractivity contribution in [2.24, 2.45) is 0 Å². The van der Waals surface area contributed by atoms with E-state index >= 15 is 0 Å². The van der Waals surface area contributed by atoms with E-state index < -0.39 is 0 Å². The lowest BCUT2D eigenvalue weighted by Gasteiger charge is -2.35. The maximum absolute atomic E-state index is 3.59. The molecule has 1 aliphatic heterocycles. The zero-order chi connectivity index (χ0) is 9.97. The molecule has 0 spiro atoms. The van der Waals surface area contributed by atoms with Crippen molar-refractivity contribution in [1.29, 1.82) is 0 Å². The van der Waals surface area contributed by atoms with E-state index in [1.54, 1.807) is 0 Å². The van der Waals surface area contributed by atoms with Gasteiger partial charge in [-0.25, -0.2) is 0 Å². The number of hydrogen-bond donors (Lipinski definition) is 2. The molecule has 1 aromatic rings. The van der Waals surface area contributed by atoms with Crippen molar-refractivity contribution in [3.05, 3.63) is 24.3 Å². The molecule has 0 radical (unpaired) electrons. The van der Waals surface area contributed by atoms with Gasteiger partial charge in [0, 0.05) is 12.1 Å². The quantitative estimate of drug-likeness (QED) is 0.749. The van der Waals surface area contributed by atoms with Crippen LogP contribution in [0.15, 0.2) is 24.3 Å². The molecule has 2 heteroatoms. The van der Waals surface area contributed by atoms with E-state index in [0.29, 0.717) is 12.1 Å². The molecule has 2 nitrogen and oxygen atoms in total. The maximum atomic E-state index is 3.59. The fourth-order valence-corrected chi connectivity index (χ4v) is 2.11. The maximum Gasteiger partial charge on any atom is 0.0578 e. The van der Waals surface area contributed by atoms with Crippen LogP contribution in [0.5, 0.6) is 0 Å². The molecule has 1 heterocycles. The molecule has 76 valence electrons. The van der Waals surface area contributed by atoms with Crippen LogP contribution in [0.4, 0.5) is 11.4 Å². The molecule has 2 N–H and O–H groups in total. The second kappa shape index (κ2) is 3.91. The zero-order valence-electron chi connectivity index (χ0n) is 8.88. The molecule has 14 heavy (non-hydrogen) atoms. The highest BCUT2D eigenvalue weighted by atomic mass is 15.1. The van der Waals surface area contributed by atoms with Crippen molar-refractivity contribution in [2.45, 2.75) is 38.8 Å². The van der Waals surface area contributed by atoms with E-state index in [9.17, 15) is 0 Å². The van der Waals surface area contributed by atoms with Crippen LogP contribution in [0.25, 0.3) is 0 Å². The Morgan fingerprint density at radius 2 is 1.36 bits per heavy atom. The Morgan fingerprint density at radius 3 is 1.71 bits per heavy atom. The summed E-state index contributed by atoms with van der Waals surface area (Å²) >= 11 is 0. The van der Waals surface area contributed by atoms with E-state index in [-0.39, 0.29) is 0 Å². The minimum atomic E-state index is 0.565. The van der Waals surface area contributed by atoms with Crippen molar-refractivity contribution < 1.29 is 0 Å². The van der Waals surface area contributed by atoms with Crippen molar-refractivity contribution in [2.75, 3.05) is 10.6 Å². The molecule has 2 rings (SSSR count). The Labute approximate surface area is 85.7 Å². The van der Waals surface area contributed by atoms with Gasteiger partial charge in [0.1, 0.15) is 0 Å². The second-order valence-corrected chi connectivity index (χ2v) is 3.86. The molecule has 2 atom stereocenters. The largest absolute Gasteiger partial charge is 0.379 e. The lowest BCUT2D eigenvalue weighted by Crippen LogP contribution is -2.42. The van der Waals surface area contributed by atoms with Gasteiger partial charge in [-0.2, -0.15) is 0 Å². The predicted molar refractivity (Wildman–Crippen MR) is 61.8 cm³/mol. The monoisotopic (exact) mass is 190 g/mol. The van der Waals surface area contributed by atoms with Gasteiger partial charge in [0.15, 0.2) is 0 Å². The number of rotatable bonds is 2. The highest BCUT2D eigenvalue weighted by molar-refractivity contribution is 5.71. The van der Waals surface area contributed by atoms with E-state index in [1.165, 1.54) is 24.2 Å². The first-order valence-electron chi connectivity index (χ1n) is 5.47. The summed E-state index contributed by atoms with van der Waals surface area (Å²) in [7, 11) is 0. The summed E-state index contributed by atoms with van der Waals surface area (Å²) in [5, 5.41) is 7.17. The summed E-state index contributed by atoms with van der Waals surface area (Å²) in [4.78, 5) is 0. The molecular weight excluding hydrogens is 172 g/mol. The van der Waals surface area contributed by atoms with Gasteiger partial charge in [-0.3, -0.25) is 0 Å². The minimum Gasteiger partial charge on any atom is -0.379 e. The summed E-state index contributed by atoms with van der Waals surface area (Å²) in [6.45, 7) is 4.46.